The lowest BCUT2D eigenvalue weighted by Gasteiger charge is -2.19. The topological polar surface area (TPSA) is 160 Å². The number of carboxylic acid groups (broad SMARTS) is 1. The highest BCUT2D eigenvalue weighted by Crippen LogP contribution is 2.50. The molecule has 2 aromatic carbocycles. The molecule has 0 aliphatic carbocycles. The number of esters is 2. The van der Waals surface area contributed by atoms with E-state index in [0.717, 1.165) is 6.92 Å². The van der Waals surface area contributed by atoms with Gasteiger partial charge in [0, 0.05) is 12.5 Å². The molecule has 10 nitrogen and oxygen atoms in total. The zero-order valence-electron chi connectivity index (χ0n) is 16.2. The summed E-state index contributed by atoms with van der Waals surface area (Å²) in [6, 6.07) is 1.25. The largest absolute Gasteiger partial charge is 0.507 e. The number of aromatic hydroxyl groups is 2. The molecule has 0 radical (unpaired) electrons. The van der Waals surface area contributed by atoms with Gasteiger partial charge in [0.25, 0.3) is 0 Å². The van der Waals surface area contributed by atoms with Crippen molar-refractivity contribution >= 4 is 17.9 Å². The molecule has 1 heterocycles. The van der Waals surface area contributed by atoms with Gasteiger partial charge in [-0.15, -0.1) is 0 Å². The third-order valence-electron chi connectivity index (χ3n) is 4.67. The molecule has 4 N–H and O–H groups in total. The number of aromatic carboxylic acids is 1. The second kappa shape index (κ2) is 7.56. The first kappa shape index (κ1) is 20.9. The number of ether oxygens (including phenoxy) is 3. The van der Waals surface area contributed by atoms with E-state index in [1.54, 1.807) is 0 Å². The van der Waals surface area contributed by atoms with Crippen LogP contribution in [-0.2, 0) is 22.7 Å². The van der Waals surface area contributed by atoms with Crippen LogP contribution in [0.4, 0.5) is 0 Å². The van der Waals surface area contributed by atoms with Crippen LogP contribution in [0.2, 0.25) is 0 Å². The monoisotopic (exact) mass is 418 g/mol. The Balaban J connectivity index is 2.36. The van der Waals surface area contributed by atoms with Gasteiger partial charge >= 0.3 is 17.9 Å². The van der Waals surface area contributed by atoms with Crippen molar-refractivity contribution < 1.29 is 49.0 Å². The van der Waals surface area contributed by atoms with Crippen LogP contribution in [0.5, 0.6) is 28.7 Å². The number of rotatable bonds is 4. The normalized spacial score (nSPS) is 12.2. The van der Waals surface area contributed by atoms with E-state index in [4.69, 9.17) is 14.2 Å². The lowest BCUT2D eigenvalue weighted by molar-refractivity contribution is -0.142. The lowest BCUT2D eigenvalue weighted by Crippen LogP contribution is -2.13. The first-order valence-electron chi connectivity index (χ1n) is 8.69. The lowest BCUT2D eigenvalue weighted by atomic mass is 10.0. The number of aliphatic hydroxyl groups is 1. The van der Waals surface area contributed by atoms with Gasteiger partial charge in [-0.3, -0.25) is 4.79 Å². The molecule has 0 spiro atoms. The Morgan fingerprint density at radius 3 is 2.30 bits per heavy atom. The molecule has 30 heavy (non-hydrogen) atoms. The van der Waals surface area contributed by atoms with Gasteiger partial charge in [-0.05, 0) is 25.5 Å². The number of hydrogen-bond acceptors (Lipinski definition) is 9. The third-order valence-corrected chi connectivity index (χ3v) is 4.67. The van der Waals surface area contributed by atoms with Crippen molar-refractivity contribution in [3.63, 3.8) is 0 Å². The van der Waals surface area contributed by atoms with Crippen LogP contribution in [0.3, 0.4) is 0 Å². The predicted molar refractivity (Wildman–Crippen MR) is 99.1 cm³/mol. The molecule has 0 aromatic heterocycles. The van der Waals surface area contributed by atoms with E-state index in [0.29, 0.717) is 0 Å². The summed E-state index contributed by atoms with van der Waals surface area (Å²) in [5, 5.41) is 39.9. The minimum absolute atomic E-state index is 0.0767. The highest BCUT2D eigenvalue weighted by Gasteiger charge is 2.35. The van der Waals surface area contributed by atoms with Gasteiger partial charge < -0.3 is 34.6 Å². The molecule has 0 unspecified atom stereocenters. The van der Waals surface area contributed by atoms with E-state index in [2.05, 4.69) is 0 Å². The molecule has 1 aliphatic heterocycles. The Morgan fingerprint density at radius 1 is 1.07 bits per heavy atom. The molecule has 0 fully saturated rings. The number of fused-ring (bicyclic) bond motifs is 2. The van der Waals surface area contributed by atoms with E-state index in [1.807, 2.05) is 0 Å². The molecule has 0 amide bonds. The molecular formula is C20H18O10. The SMILES string of the molecule is CC(=O)OCc1c(O)c(C(=O)O)c(C)c2c1OC(=O)c1c(C)cc(O)c(CO)c1O2. The second-order valence-electron chi connectivity index (χ2n) is 6.62. The summed E-state index contributed by atoms with van der Waals surface area (Å²) in [6.45, 7) is 2.67. The average molecular weight is 418 g/mol. The summed E-state index contributed by atoms with van der Waals surface area (Å²) >= 11 is 0. The summed E-state index contributed by atoms with van der Waals surface area (Å²) < 4.78 is 16.1. The Bertz CT molecular complexity index is 1100. The number of phenols is 2. The number of aryl methyl sites for hydroxylation is 1. The number of carbonyl (C=O) groups is 3. The van der Waals surface area contributed by atoms with Crippen LogP contribution in [0, 0.1) is 13.8 Å². The molecule has 0 saturated carbocycles. The Morgan fingerprint density at radius 2 is 1.73 bits per heavy atom. The Hall–Kier alpha value is -3.79. The minimum atomic E-state index is -1.49. The Labute approximate surface area is 169 Å². The smallest absolute Gasteiger partial charge is 0.347 e. The summed E-state index contributed by atoms with van der Waals surface area (Å²) in [6.07, 6.45) is 0. The quantitative estimate of drug-likeness (QED) is 0.428. The summed E-state index contributed by atoms with van der Waals surface area (Å²) in [4.78, 5) is 35.8. The molecule has 3 rings (SSSR count). The molecule has 158 valence electrons. The van der Waals surface area contributed by atoms with Gasteiger partial charge in [-0.25, -0.2) is 9.59 Å². The van der Waals surface area contributed by atoms with Crippen LogP contribution >= 0.6 is 0 Å². The molecule has 2 aromatic rings. The third kappa shape index (κ3) is 3.26. The van der Waals surface area contributed by atoms with Crippen LogP contribution in [0.1, 0.15) is 49.9 Å². The van der Waals surface area contributed by atoms with Crippen LogP contribution in [0.25, 0.3) is 0 Å². The zero-order valence-corrected chi connectivity index (χ0v) is 16.2. The summed E-state index contributed by atoms with van der Waals surface area (Å²) in [5.74, 6) is -4.99. The summed E-state index contributed by atoms with van der Waals surface area (Å²) in [7, 11) is 0. The van der Waals surface area contributed by atoms with Gasteiger partial charge in [0.2, 0.25) is 0 Å². The van der Waals surface area contributed by atoms with Gasteiger partial charge in [-0.2, -0.15) is 0 Å². The fourth-order valence-corrected chi connectivity index (χ4v) is 3.23. The van der Waals surface area contributed by atoms with Crippen molar-refractivity contribution in [3.8, 4) is 28.7 Å². The first-order chi connectivity index (χ1) is 14.1. The molecular weight excluding hydrogens is 400 g/mol. The second-order valence-corrected chi connectivity index (χ2v) is 6.62. The van der Waals surface area contributed by atoms with E-state index in [-0.39, 0.29) is 50.8 Å². The van der Waals surface area contributed by atoms with E-state index >= 15 is 0 Å². The van der Waals surface area contributed by atoms with Crippen LogP contribution in [-0.4, -0.2) is 38.3 Å². The van der Waals surface area contributed by atoms with E-state index in [1.165, 1.54) is 19.9 Å². The maximum atomic E-state index is 12.8. The first-order valence-corrected chi connectivity index (χ1v) is 8.69. The van der Waals surface area contributed by atoms with Gasteiger partial charge in [0.05, 0.1) is 17.7 Å². The van der Waals surface area contributed by atoms with Crippen molar-refractivity contribution in [1.82, 2.24) is 0 Å². The van der Waals surface area contributed by atoms with Crippen molar-refractivity contribution in [2.24, 2.45) is 0 Å². The standard InChI is InChI=1S/C20H18O10/c1-7-4-12(23)10(5-21)17-13(7)20(27)30-18-11(6-28-9(3)22)15(24)14(19(25)26)8(2)16(18)29-17/h4,21,23-24H,5-6H2,1-3H3,(H,25,26). The molecule has 0 saturated heterocycles. The Kier molecular flexibility index (Phi) is 5.27. The molecule has 0 bridgehead atoms. The fourth-order valence-electron chi connectivity index (χ4n) is 3.23. The van der Waals surface area contributed by atoms with Crippen molar-refractivity contribution in [1.29, 1.82) is 0 Å². The van der Waals surface area contributed by atoms with Crippen LogP contribution < -0.4 is 9.47 Å². The van der Waals surface area contributed by atoms with Crippen molar-refractivity contribution in [3.05, 3.63) is 39.4 Å². The highest BCUT2D eigenvalue weighted by molar-refractivity contribution is 6.00. The van der Waals surface area contributed by atoms with Gasteiger partial charge in [0.1, 0.15) is 29.2 Å². The number of aliphatic hydroxyl groups excluding tert-OH is 1. The fraction of sp³-hybridized carbons (Fsp3) is 0.250. The van der Waals surface area contributed by atoms with Crippen molar-refractivity contribution in [2.75, 3.05) is 0 Å². The minimum Gasteiger partial charge on any atom is -0.507 e. The maximum Gasteiger partial charge on any atom is 0.347 e. The van der Waals surface area contributed by atoms with E-state index < -0.39 is 42.4 Å². The molecule has 0 atom stereocenters. The van der Waals surface area contributed by atoms with Crippen molar-refractivity contribution in [2.45, 2.75) is 34.0 Å². The zero-order chi connectivity index (χ0) is 22.3. The predicted octanol–water partition coefficient (Wildman–Crippen LogP) is 2.29. The van der Waals surface area contributed by atoms with Crippen LogP contribution in [0.15, 0.2) is 6.07 Å². The number of carboxylic acids is 1. The molecule has 10 heteroatoms. The molecule has 1 aliphatic rings. The number of hydrogen-bond donors (Lipinski definition) is 4. The highest BCUT2D eigenvalue weighted by atomic mass is 16.6. The van der Waals surface area contributed by atoms with Gasteiger partial charge in [-0.1, -0.05) is 0 Å². The average Bonchev–Trinajstić information content (AvgIpc) is 2.78. The van der Waals surface area contributed by atoms with E-state index in [9.17, 15) is 34.8 Å². The number of benzene rings is 2. The summed E-state index contributed by atoms with van der Waals surface area (Å²) in [5.41, 5.74) is -0.824. The maximum absolute atomic E-state index is 12.8. The number of carbonyl (C=O) groups excluding carboxylic acids is 2. The van der Waals surface area contributed by atoms with Gasteiger partial charge in [0.15, 0.2) is 17.2 Å².